The highest BCUT2D eigenvalue weighted by molar-refractivity contribution is 7.98. The number of halogens is 1. The molecule has 0 fully saturated rings. The fourth-order valence-electron chi connectivity index (χ4n) is 3.17. The number of hydrogen-bond donors (Lipinski definition) is 2. The highest BCUT2D eigenvalue weighted by Crippen LogP contribution is 2.27. The number of imidazole rings is 1. The van der Waals surface area contributed by atoms with Crippen molar-refractivity contribution in [3.8, 4) is 11.1 Å². The van der Waals surface area contributed by atoms with Crippen LogP contribution in [0.5, 0.6) is 0 Å². The van der Waals surface area contributed by atoms with Crippen LogP contribution >= 0.6 is 23.4 Å². The first-order chi connectivity index (χ1) is 15.5. The lowest BCUT2D eigenvalue weighted by molar-refractivity contribution is -0.139. The third kappa shape index (κ3) is 6.48. The number of benzene rings is 2. The number of carbonyl (C=O) groups excluding carboxylic acids is 1. The number of rotatable bonds is 10. The van der Waals surface area contributed by atoms with Crippen LogP contribution < -0.4 is 5.32 Å². The number of carboxylic acids is 1. The predicted octanol–water partition coefficient (Wildman–Crippen LogP) is 4.85. The van der Waals surface area contributed by atoms with E-state index in [1.807, 2.05) is 53.4 Å². The Morgan fingerprint density at radius 2 is 2.03 bits per heavy atom. The number of amides is 1. The molecule has 0 saturated carbocycles. The average Bonchev–Trinajstić information content (AvgIpc) is 3.30. The van der Waals surface area contributed by atoms with Gasteiger partial charge in [-0.15, -0.1) is 0 Å². The van der Waals surface area contributed by atoms with Gasteiger partial charge in [-0.2, -0.15) is 11.8 Å². The molecule has 0 bridgehead atoms. The molecule has 3 aromatic rings. The first-order valence-corrected chi connectivity index (χ1v) is 11.8. The van der Waals surface area contributed by atoms with Crippen LogP contribution in [0.15, 0.2) is 67.3 Å². The molecule has 0 saturated heterocycles. The van der Waals surface area contributed by atoms with Crippen LogP contribution in [-0.4, -0.2) is 44.6 Å². The lowest BCUT2D eigenvalue weighted by Crippen LogP contribution is -2.41. The topological polar surface area (TPSA) is 84.2 Å². The van der Waals surface area contributed by atoms with E-state index in [0.29, 0.717) is 34.9 Å². The monoisotopic (exact) mass is 469 g/mol. The normalized spacial score (nSPS) is 12.1. The summed E-state index contributed by atoms with van der Waals surface area (Å²) in [6.45, 7) is 0.675. The molecule has 166 valence electrons. The first kappa shape index (κ1) is 23.6. The standard InChI is InChI=1S/C24H24ClN3O3S/c1-32-14-10-22(24(30)31)27-23(29)20-9-4-17(3-2-12-28-13-11-26-16-28)15-21(20)18-5-7-19(25)8-6-18/h2-9,11,13,15-16,22H,10,12,14H2,1H3,(H,27,29)(H,30,31)/b3-2+/t22-/m0/s1. The van der Waals surface area contributed by atoms with Gasteiger partial charge in [0.05, 0.1) is 6.33 Å². The zero-order valence-electron chi connectivity index (χ0n) is 17.6. The second-order valence-corrected chi connectivity index (χ2v) is 8.54. The summed E-state index contributed by atoms with van der Waals surface area (Å²) in [4.78, 5) is 28.6. The summed E-state index contributed by atoms with van der Waals surface area (Å²) in [5.41, 5.74) is 2.86. The summed E-state index contributed by atoms with van der Waals surface area (Å²) in [5, 5.41) is 12.7. The van der Waals surface area contributed by atoms with Crippen LogP contribution in [0, 0.1) is 0 Å². The Balaban J connectivity index is 1.89. The highest BCUT2D eigenvalue weighted by atomic mass is 35.5. The Morgan fingerprint density at radius 1 is 1.25 bits per heavy atom. The summed E-state index contributed by atoms with van der Waals surface area (Å²) in [7, 11) is 0. The van der Waals surface area contributed by atoms with Gasteiger partial charge in [0, 0.05) is 29.5 Å². The third-order valence-corrected chi connectivity index (χ3v) is 5.74. The van der Waals surface area contributed by atoms with E-state index in [2.05, 4.69) is 10.3 Å². The van der Waals surface area contributed by atoms with Crippen LogP contribution in [-0.2, 0) is 11.3 Å². The number of aliphatic carboxylic acids is 1. The molecule has 32 heavy (non-hydrogen) atoms. The van der Waals surface area contributed by atoms with Crippen molar-refractivity contribution in [1.29, 1.82) is 0 Å². The van der Waals surface area contributed by atoms with Gasteiger partial charge in [-0.25, -0.2) is 9.78 Å². The number of thioether (sulfide) groups is 1. The summed E-state index contributed by atoms with van der Waals surface area (Å²) in [5.74, 6) is -0.820. The van der Waals surface area contributed by atoms with Gasteiger partial charge in [0.15, 0.2) is 0 Å². The van der Waals surface area contributed by atoms with Crippen molar-refractivity contribution in [2.45, 2.75) is 19.0 Å². The number of nitrogens with one attached hydrogen (secondary N) is 1. The van der Waals surface area contributed by atoms with Crippen LogP contribution in [0.25, 0.3) is 17.2 Å². The van der Waals surface area contributed by atoms with Gasteiger partial charge < -0.3 is 15.0 Å². The van der Waals surface area contributed by atoms with Crippen molar-refractivity contribution in [3.63, 3.8) is 0 Å². The molecule has 0 unspecified atom stereocenters. The SMILES string of the molecule is CSCC[C@H](NC(=O)c1ccc(/C=C/Cn2ccnc2)cc1-c1ccc(Cl)cc1)C(=O)O. The molecule has 1 heterocycles. The molecule has 6 nitrogen and oxygen atoms in total. The molecule has 1 aromatic heterocycles. The predicted molar refractivity (Wildman–Crippen MR) is 130 cm³/mol. The van der Waals surface area contributed by atoms with Gasteiger partial charge >= 0.3 is 5.97 Å². The van der Waals surface area contributed by atoms with Crippen molar-refractivity contribution >= 4 is 41.3 Å². The van der Waals surface area contributed by atoms with E-state index in [4.69, 9.17) is 11.6 Å². The van der Waals surface area contributed by atoms with Crippen molar-refractivity contribution in [2.24, 2.45) is 0 Å². The van der Waals surface area contributed by atoms with Crippen LogP contribution in [0.3, 0.4) is 0 Å². The van der Waals surface area contributed by atoms with E-state index in [0.717, 1.165) is 11.1 Å². The third-order valence-electron chi connectivity index (χ3n) is 4.84. The lowest BCUT2D eigenvalue weighted by atomic mass is 9.96. The van der Waals surface area contributed by atoms with Crippen molar-refractivity contribution in [1.82, 2.24) is 14.9 Å². The maximum absolute atomic E-state index is 13.0. The van der Waals surface area contributed by atoms with E-state index >= 15 is 0 Å². The Hall–Kier alpha value is -3.03. The molecule has 0 aliphatic carbocycles. The average molecular weight is 470 g/mol. The maximum atomic E-state index is 13.0. The van der Waals surface area contributed by atoms with E-state index in [1.165, 1.54) is 11.8 Å². The van der Waals surface area contributed by atoms with Crippen molar-refractivity contribution in [2.75, 3.05) is 12.0 Å². The van der Waals surface area contributed by atoms with Gasteiger partial charge in [0.25, 0.3) is 5.91 Å². The number of carbonyl (C=O) groups is 2. The first-order valence-electron chi connectivity index (χ1n) is 10.0. The molecule has 3 rings (SSSR count). The number of allylic oxidation sites excluding steroid dienone is 1. The van der Waals surface area contributed by atoms with E-state index in [-0.39, 0.29) is 0 Å². The largest absolute Gasteiger partial charge is 0.480 e. The Bertz CT molecular complexity index is 1080. The van der Waals surface area contributed by atoms with Crippen LogP contribution in [0.4, 0.5) is 0 Å². The quantitative estimate of drug-likeness (QED) is 0.443. The Kier molecular flexibility index (Phi) is 8.53. The second kappa shape index (κ2) is 11.5. The van der Waals surface area contributed by atoms with Gasteiger partial charge in [-0.3, -0.25) is 4.79 Å². The molecular formula is C24H24ClN3O3S. The summed E-state index contributed by atoms with van der Waals surface area (Å²) in [6, 6.07) is 11.8. The molecule has 0 radical (unpaired) electrons. The van der Waals surface area contributed by atoms with Gasteiger partial charge in [0.1, 0.15) is 6.04 Å². The Morgan fingerprint density at radius 3 is 2.69 bits per heavy atom. The van der Waals surface area contributed by atoms with Crippen LogP contribution in [0.1, 0.15) is 22.3 Å². The van der Waals surface area contributed by atoms with E-state index in [1.54, 1.807) is 30.7 Å². The minimum atomic E-state index is -1.04. The number of aromatic nitrogens is 2. The molecular weight excluding hydrogens is 446 g/mol. The van der Waals surface area contributed by atoms with E-state index < -0.39 is 17.9 Å². The van der Waals surface area contributed by atoms with Crippen LogP contribution in [0.2, 0.25) is 5.02 Å². The molecule has 1 atom stereocenters. The smallest absolute Gasteiger partial charge is 0.326 e. The van der Waals surface area contributed by atoms with Gasteiger partial charge in [-0.05, 0) is 59.4 Å². The van der Waals surface area contributed by atoms with Crippen molar-refractivity contribution in [3.05, 3.63) is 83.4 Å². The summed E-state index contributed by atoms with van der Waals surface area (Å²) < 4.78 is 1.94. The molecule has 8 heteroatoms. The van der Waals surface area contributed by atoms with Gasteiger partial charge in [-0.1, -0.05) is 42.0 Å². The number of carboxylic acid groups (broad SMARTS) is 1. The molecule has 0 spiro atoms. The van der Waals surface area contributed by atoms with E-state index in [9.17, 15) is 14.7 Å². The van der Waals surface area contributed by atoms with Crippen molar-refractivity contribution < 1.29 is 14.7 Å². The minimum Gasteiger partial charge on any atom is -0.480 e. The highest BCUT2D eigenvalue weighted by Gasteiger charge is 2.22. The number of hydrogen-bond acceptors (Lipinski definition) is 4. The molecule has 1 amide bonds. The Labute approximate surface area is 196 Å². The van der Waals surface area contributed by atoms with Gasteiger partial charge in [0.2, 0.25) is 0 Å². The summed E-state index contributed by atoms with van der Waals surface area (Å²) in [6.07, 6.45) is 11.6. The zero-order chi connectivity index (χ0) is 22.9. The molecule has 2 aromatic carbocycles. The fourth-order valence-corrected chi connectivity index (χ4v) is 3.76. The zero-order valence-corrected chi connectivity index (χ0v) is 19.1. The molecule has 0 aliphatic rings. The molecule has 0 aliphatic heterocycles. The lowest BCUT2D eigenvalue weighted by Gasteiger charge is -2.16. The fraction of sp³-hybridized carbons (Fsp3) is 0.208. The minimum absolute atomic E-state index is 0.355. The second-order valence-electron chi connectivity index (χ2n) is 7.12. The number of nitrogens with zero attached hydrogens (tertiary/aromatic N) is 2. The molecule has 2 N–H and O–H groups in total. The maximum Gasteiger partial charge on any atom is 0.326 e. The summed E-state index contributed by atoms with van der Waals surface area (Å²) >= 11 is 7.58.